The maximum atomic E-state index is 8.79. The van der Waals surface area contributed by atoms with Gasteiger partial charge in [-0.15, -0.1) is 0 Å². The second-order valence-electron chi connectivity index (χ2n) is 2.89. The first-order valence-electron chi connectivity index (χ1n) is 4.44. The second kappa shape index (κ2) is 5.10. The van der Waals surface area contributed by atoms with E-state index in [1.807, 2.05) is 12.1 Å². The number of hydrogen-bond donors (Lipinski definition) is 0. The predicted octanol–water partition coefficient (Wildman–Crippen LogP) is 3.26. The highest BCUT2D eigenvalue weighted by atomic mass is 79.9. The molecule has 2 aromatic rings. The van der Waals surface area contributed by atoms with E-state index in [4.69, 9.17) is 5.26 Å². The lowest BCUT2D eigenvalue weighted by Gasteiger charge is -2.01. The minimum atomic E-state index is 0.623. The zero-order chi connectivity index (χ0) is 11.4. The summed E-state index contributed by atoms with van der Waals surface area (Å²) < 4.78 is 0.788. The van der Waals surface area contributed by atoms with Crippen molar-refractivity contribution in [3.8, 4) is 6.07 Å². The molecule has 78 valence electrons. The highest BCUT2D eigenvalue weighted by molar-refractivity contribution is 9.10. The first-order chi connectivity index (χ1) is 7.79. The van der Waals surface area contributed by atoms with E-state index in [9.17, 15) is 0 Å². The molecular weight excluding hydrogens is 286 g/mol. The van der Waals surface area contributed by atoms with E-state index in [0.29, 0.717) is 10.7 Å². The molecule has 0 saturated carbocycles. The van der Waals surface area contributed by atoms with E-state index >= 15 is 0 Å². The summed E-state index contributed by atoms with van der Waals surface area (Å²) in [6, 6.07) is 9.42. The lowest BCUT2D eigenvalue weighted by molar-refractivity contribution is 0.967. The van der Waals surface area contributed by atoms with Crippen molar-refractivity contribution in [1.29, 1.82) is 5.26 Å². The van der Waals surface area contributed by atoms with Crippen LogP contribution in [0.5, 0.6) is 0 Å². The van der Waals surface area contributed by atoms with Crippen LogP contribution in [0.4, 0.5) is 0 Å². The van der Waals surface area contributed by atoms with Gasteiger partial charge in [0.1, 0.15) is 6.07 Å². The van der Waals surface area contributed by atoms with Gasteiger partial charge in [-0.05, 0) is 52.0 Å². The first-order valence-corrected chi connectivity index (χ1v) is 6.05. The summed E-state index contributed by atoms with van der Waals surface area (Å²) in [5.41, 5.74) is 0.623. The van der Waals surface area contributed by atoms with Gasteiger partial charge in [-0.3, -0.25) is 0 Å². The average Bonchev–Trinajstić information content (AvgIpc) is 2.31. The predicted molar refractivity (Wildman–Crippen MR) is 65.0 cm³/mol. The van der Waals surface area contributed by atoms with Crippen LogP contribution >= 0.6 is 27.7 Å². The monoisotopic (exact) mass is 291 g/mol. The third-order valence-corrected chi connectivity index (χ3v) is 3.35. The molecular formula is C11H6BrN3S. The minimum Gasteiger partial charge on any atom is -0.231 e. The molecule has 1 heterocycles. The van der Waals surface area contributed by atoms with Crippen molar-refractivity contribution < 1.29 is 0 Å². The molecule has 0 fully saturated rings. The Morgan fingerprint density at radius 3 is 2.62 bits per heavy atom. The van der Waals surface area contributed by atoms with Crippen molar-refractivity contribution in [3.63, 3.8) is 0 Å². The van der Waals surface area contributed by atoms with Gasteiger partial charge in [0.15, 0.2) is 5.16 Å². The van der Waals surface area contributed by atoms with Crippen molar-refractivity contribution in [3.05, 3.63) is 46.7 Å². The molecule has 2 rings (SSSR count). The third-order valence-electron chi connectivity index (χ3n) is 1.81. The molecule has 5 heteroatoms. The van der Waals surface area contributed by atoms with Gasteiger partial charge >= 0.3 is 0 Å². The molecule has 0 atom stereocenters. The lowest BCUT2D eigenvalue weighted by Crippen LogP contribution is -1.84. The second-order valence-corrected chi connectivity index (χ2v) is 4.78. The van der Waals surface area contributed by atoms with Crippen LogP contribution in [-0.4, -0.2) is 9.97 Å². The smallest absolute Gasteiger partial charge is 0.192 e. The zero-order valence-electron chi connectivity index (χ0n) is 8.09. The summed E-state index contributed by atoms with van der Waals surface area (Å²) >= 11 is 4.80. The van der Waals surface area contributed by atoms with Crippen molar-refractivity contribution in [2.45, 2.75) is 10.1 Å². The van der Waals surface area contributed by atoms with Gasteiger partial charge < -0.3 is 0 Å². The van der Waals surface area contributed by atoms with Gasteiger partial charge in [-0.25, -0.2) is 9.97 Å². The molecule has 0 amide bonds. The van der Waals surface area contributed by atoms with E-state index in [1.165, 1.54) is 11.8 Å². The Kier molecular flexibility index (Phi) is 3.54. The molecule has 3 nitrogen and oxygen atoms in total. The van der Waals surface area contributed by atoms with Crippen LogP contribution < -0.4 is 0 Å². The number of benzene rings is 1. The summed E-state index contributed by atoms with van der Waals surface area (Å²) in [6.45, 7) is 0. The summed E-state index contributed by atoms with van der Waals surface area (Å²) in [5.74, 6) is 0. The van der Waals surface area contributed by atoms with Gasteiger partial charge in [0.25, 0.3) is 0 Å². The van der Waals surface area contributed by atoms with Crippen LogP contribution in [-0.2, 0) is 0 Å². The average molecular weight is 292 g/mol. The number of aromatic nitrogens is 2. The Hall–Kier alpha value is -1.38. The largest absolute Gasteiger partial charge is 0.231 e. The molecule has 1 aromatic carbocycles. The molecule has 0 N–H and O–H groups in total. The topological polar surface area (TPSA) is 49.6 Å². The molecule has 1 aromatic heterocycles. The zero-order valence-corrected chi connectivity index (χ0v) is 10.5. The number of rotatable bonds is 2. The number of nitriles is 1. The molecule has 0 unspecified atom stereocenters. The molecule has 0 saturated heterocycles. The Labute approximate surface area is 106 Å². The summed E-state index contributed by atoms with van der Waals surface area (Å²) in [5, 5.41) is 9.48. The van der Waals surface area contributed by atoms with E-state index in [-0.39, 0.29) is 0 Å². The summed E-state index contributed by atoms with van der Waals surface area (Å²) in [6.07, 6.45) is 3.40. The van der Waals surface area contributed by atoms with Crippen molar-refractivity contribution in [2.24, 2.45) is 0 Å². The Balaban J connectivity index is 2.24. The maximum absolute atomic E-state index is 8.79. The van der Waals surface area contributed by atoms with Crippen molar-refractivity contribution >= 4 is 27.7 Å². The van der Waals surface area contributed by atoms with Crippen LogP contribution in [0.25, 0.3) is 0 Å². The molecule has 0 bridgehead atoms. The van der Waals surface area contributed by atoms with Gasteiger partial charge in [-0.2, -0.15) is 5.26 Å². The number of halogens is 1. The molecule has 0 aliphatic heterocycles. The van der Waals surface area contributed by atoms with Gasteiger partial charge in [0.05, 0.1) is 5.56 Å². The van der Waals surface area contributed by atoms with Crippen LogP contribution in [0.2, 0.25) is 0 Å². The standard InChI is InChI=1S/C11H6BrN3S/c12-10-6-9(3-2-8(10)7-13)16-11-14-4-1-5-15-11/h1-6H. The molecule has 0 aliphatic carbocycles. The van der Waals surface area contributed by atoms with Gasteiger partial charge in [-0.1, -0.05) is 0 Å². The molecule has 0 aliphatic rings. The van der Waals surface area contributed by atoms with Crippen molar-refractivity contribution in [2.75, 3.05) is 0 Å². The van der Waals surface area contributed by atoms with Crippen LogP contribution in [0.3, 0.4) is 0 Å². The molecule has 16 heavy (non-hydrogen) atoms. The fourth-order valence-corrected chi connectivity index (χ4v) is 2.46. The Morgan fingerprint density at radius 2 is 2.00 bits per heavy atom. The minimum absolute atomic E-state index is 0.623. The van der Waals surface area contributed by atoms with Crippen LogP contribution in [0.1, 0.15) is 5.56 Å². The summed E-state index contributed by atoms with van der Waals surface area (Å²) in [4.78, 5) is 9.23. The first kappa shape index (κ1) is 11.1. The number of hydrogen-bond acceptors (Lipinski definition) is 4. The maximum Gasteiger partial charge on any atom is 0.192 e. The van der Waals surface area contributed by atoms with Crippen molar-refractivity contribution in [1.82, 2.24) is 9.97 Å². The Bertz CT molecular complexity index is 537. The van der Waals surface area contributed by atoms with E-state index in [1.54, 1.807) is 24.5 Å². The van der Waals surface area contributed by atoms with E-state index in [0.717, 1.165) is 9.37 Å². The quantitative estimate of drug-likeness (QED) is 0.797. The highest BCUT2D eigenvalue weighted by Gasteiger charge is 2.03. The van der Waals surface area contributed by atoms with Crippen LogP contribution in [0.15, 0.2) is 51.2 Å². The van der Waals surface area contributed by atoms with Gasteiger partial charge in [0.2, 0.25) is 0 Å². The van der Waals surface area contributed by atoms with E-state index in [2.05, 4.69) is 32.0 Å². The molecule has 0 radical (unpaired) electrons. The Morgan fingerprint density at radius 1 is 1.25 bits per heavy atom. The fraction of sp³-hybridized carbons (Fsp3) is 0. The normalized spacial score (nSPS) is 9.75. The van der Waals surface area contributed by atoms with Gasteiger partial charge in [0, 0.05) is 21.8 Å². The summed E-state index contributed by atoms with van der Waals surface area (Å²) in [7, 11) is 0. The number of nitrogens with zero attached hydrogens (tertiary/aromatic N) is 3. The fourth-order valence-electron chi connectivity index (χ4n) is 1.09. The SMILES string of the molecule is N#Cc1ccc(Sc2ncccn2)cc1Br. The molecule has 0 spiro atoms. The highest BCUT2D eigenvalue weighted by Crippen LogP contribution is 2.28. The van der Waals surface area contributed by atoms with E-state index < -0.39 is 0 Å². The van der Waals surface area contributed by atoms with Crippen LogP contribution in [0, 0.1) is 11.3 Å². The third kappa shape index (κ3) is 2.60. The lowest BCUT2D eigenvalue weighted by atomic mass is 10.2.